The minimum Gasteiger partial charge on any atom is -0.225 e. The molecule has 0 spiro atoms. The first kappa shape index (κ1) is 11.8. The van der Waals surface area contributed by atoms with Crippen LogP contribution in [0.15, 0.2) is 46.1 Å². The summed E-state index contributed by atoms with van der Waals surface area (Å²) >= 11 is 2.68. The number of thiazole rings is 1. The summed E-state index contributed by atoms with van der Waals surface area (Å²) in [4.78, 5) is 5.04. The van der Waals surface area contributed by atoms with Crippen molar-refractivity contribution in [2.75, 3.05) is 0 Å². The molecule has 0 aliphatic rings. The molecular formula is C12H9NO2S3. The summed E-state index contributed by atoms with van der Waals surface area (Å²) in [5.74, 6) is 0.0322. The monoisotopic (exact) mass is 295 g/mol. The van der Waals surface area contributed by atoms with E-state index in [4.69, 9.17) is 0 Å². The van der Waals surface area contributed by atoms with Gasteiger partial charge >= 0.3 is 0 Å². The average Bonchev–Trinajstić information content (AvgIpc) is 2.96. The molecule has 0 saturated carbocycles. The van der Waals surface area contributed by atoms with Crippen LogP contribution in [-0.4, -0.2) is 13.4 Å². The van der Waals surface area contributed by atoms with Gasteiger partial charge in [0, 0.05) is 4.88 Å². The first-order valence-corrected chi connectivity index (χ1v) is 8.61. The fraction of sp³-hybridized carbons (Fsp3) is 0.0833. The molecule has 3 rings (SSSR count). The van der Waals surface area contributed by atoms with Crippen molar-refractivity contribution < 1.29 is 8.42 Å². The molecule has 3 aromatic rings. The molecule has 0 bridgehead atoms. The number of para-hydroxylation sites is 1. The maximum Gasteiger partial charge on any atom is 0.210 e. The molecule has 6 heteroatoms. The Bertz CT molecular complexity index is 740. The molecule has 2 aromatic heterocycles. The van der Waals surface area contributed by atoms with Gasteiger partial charge in [-0.25, -0.2) is 13.4 Å². The highest BCUT2D eigenvalue weighted by Crippen LogP contribution is 2.28. The van der Waals surface area contributed by atoms with E-state index in [9.17, 15) is 8.42 Å². The lowest BCUT2D eigenvalue weighted by Crippen LogP contribution is -2.02. The van der Waals surface area contributed by atoms with Crippen LogP contribution in [-0.2, 0) is 15.6 Å². The Balaban J connectivity index is 2.02. The smallest absolute Gasteiger partial charge is 0.210 e. The first-order valence-electron chi connectivity index (χ1n) is 5.26. The molecule has 18 heavy (non-hydrogen) atoms. The van der Waals surface area contributed by atoms with Crippen LogP contribution in [0.4, 0.5) is 0 Å². The van der Waals surface area contributed by atoms with Crippen LogP contribution in [0.3, 0.4) is 0 Å². The number of thiophene rings is 1. The fourth-order valence-corrected chi connectivity index (χ4v) is 5.34. The Labute approximate surface area is 113 Å². The number of benzene rings is 1. The highest BCUT2D eigenvalue weighted by molar-refractivity contribution is 7.92. The Kier molecular flexibility index (Phi) is 2.93. The summed E-state index contributed by atoms with van der Waals surface area (Å²) in [6.07, 6.45) is 0. The molecule has 0 N–H and O–H groups in total. The second-order valence-corrected chi connectivity index (χ2v) is 8.01. The molecule has 0 aliphatic carbocycles. The van der Waals surface area contributed by atoms with Crippen LogP contribution in [0.1, 0.15) is 4.88 Å². The molecule has 0 radical (unpaired) electrons. The van der Waals surface area contributed by atoms with E-state index in [0.29, 0.717) is 0 Å². The van der Waals surface area contributed by atoms with Crippen LogP contribution in [0.5, 0.6) is 0 Å². The molecule has 0 amide bonds. The van der Waals surface area contributed by atoms with E-state index in [1.807, 2.05) is 41.8 Å². The van der Waals surface area contributed by atoms with E-state index in [1.54, 1.807) is 0 Å². The van der Waals surface area contributed by atoms with E-state index >= 15 is 0 Å². The number of aromatic nitrogens is 1. The van der Waals surface area contributed by atoms with Crippen LogP contribution < -0.4 is 0 Å². The summed E-state index contributed by atoms with van der Waals surface area (Å²) in [6.45, 7) is 0. The van der Waals surface area contributed by atoms with E-state index in [-0.39, 0.29) is 10.1 Å². The Hall–Kier alpha value is -1.24. The lowest BCUT2D eigenvalue weighted by Gasteiger charge is -1.96. The van der Waals surface area contributed by atoms with Crippen molar-refractivity contribution >= 4 is 42.7 Å². The predicted octanol–water partition coefficient (Wildman–Crippen LogP) is 3.33. The van der Waals surface area contributed by atoms with Crippen LogP contribution in [0, 0.1) is 0 Å². The predicted molar refractivity (Wildman–Crippen MR) is 74.8 cm³/mol. The quantitative estimate of drug-likeness (QED) is 0.744. The normalized spacial score (nSPS) is 12.0. The summed E-state index contributed by atoms with van der Waals surface area (Å²) in [5.41, 5.74) is 0.743. The van der Waals surface area contributed by atoms with E-state index < -0.39 is 9.84 Å². The fourth-order valence-electron chi connectivity index (χ4n) is 1.63. The molecule has 0 saturated heterocycles. The van der Waals surface area contributed by atoms with Gasteiger partial charge in [-0.3, -0.25) is 0 Å². The zero-order valence-electron chi connectivity index (χ0n) is 9.24. The Morgan fingerprint density at radius 1 is 1.11 bits per heavy atom. The van der Waals surface area contributed by atoms with Crippen molar-refractivity contribution in [3.05, 3.63) is 46.7 Å². The topological polar surface area (TPSA) is 47.0 Å². The summed E-state index contributed by atoms with van der Waals surface area (Å²) in [6, 6.07) is 11.1. The van der Waals surface area contributed by atoms with E-state index in [1.165, 1.54) is 22.7 Å². The van der Waals surface area contributed by atoms with Crippen molar-refractivity contribution in [3.8, 4) is 0 Å². The van der Waals surface area contributed by atoms with Gasteiger partial charge in [-0.05, 0) is 23.6 Å². The molecular weight excluding hydrogens is 286 g/mol. The summed E-state index contributed by atoms with van der Waals surface area (Å²) in [5, 5.41) is 1.88. The van der Waals surface area contributed by atoms with E-state index in [0.717, 1.165) is 15.1 Å². The van der Waals surface area contributed by atoms with Crippen LogP contribution in [0.25, 0.3) is 10.2 Å². The van der Waals surface area contributed by atoms with Gasteiger partial charge in [0.05, 0.1) is 16.0 Å². The summed E-state index contributed by atoms with van der Waals surface area (Å²) in [7, 11) is -3.33. The minimum atomic E-state index is -3.33. The van der Waals surface area contributed by atoms with Crippen LogP contribution in [0.2, 0.25) is 0 Å². The number of fused-ring (bicyclic) bond motifs is 1. The second-order valence-electron chi connectivity index (χ2n) is 3.79. The van der Waals surface area contributed by atoms with Gasteiger partial charge in [0.2, 0.25) is 14.2 Å². The SMILES string of the molecule is O=S(=O)(Cc1cccs1)c1nc2ccccc2s1. The number of hydrogen-bond donors (Lipinski definition) is 0. The van der Waals surface area contributed by atoms with Crippen molar-refractivity contribution in [2.24, 2.45) is 0 Å². The number of rotatable bonds is 3. The minimum absolute atomic E-state index is 0.0322. The number of sulfone groups is 1. The van der Waals surface area contributed by atoms with Crippen molar-refractivity contribution in [1.29, 1.82) is 0 Å². The molecule has 0 fully saturated rings. The largest absolute Gasteiger partial charge is 0.225 e. The van der Waals surface area contributed by atoms with Crippen molar-refractivity contribution in [2.45, 2.75) is 10.1 Å². The molecule has 92 valence electrons. The molecule has 2 heterocycles. The zero-order valence-corrected chi connectivity index (χ0v) is 11.7. The van der Waals surface area contributed by atoms with Crippen LogP contribution >= 0.6 is 22.7 Å². The van der Waals surface area contributed by atoms with Gasteiger partial charge in [0.25, 0.3) is 0 Å². The summed E-state index contributed by atoms with van der Waals surface area (Å²) < 4.78 is 25.6. The van der Waals surface area contributed by atoms with Gasteiger partial charge in [-0.1, -0.05) is 18.2 Å². The maximum absolute atomic E-state index is 12.2. The molecule has 0 aliphatic heterocycles. The van der Waals surface area contributed by atoms with Gasteiger partial charge in [0.15, 0.2) is 0 Å². The number of nitrogens with zero attached hydrogens (tertiary/aromatic N) is 1. The Morgan fingerprint density at radius 2 is 1.94 bits per heavy atom. The zero-order chi connectivity index (χ0) is 12.6. The highest BCUT2D eigenvalue weighted by atomic mass is 32.2. The number of hydrogen-bond acceptors (Lipinski definition) is 5. The molecule has 3 nitrogen and oxygen atoms in total. The third-order valence-corrected chi connectivity index (χ3v) is 6.67. The standard InChI is InChI=1S/C12H9NO2S3/c14-18(15,8-9-4-3-7-16-9)12-13-10-5-1-2-6-11(10)17-12/h1-7H,8H2. The lowest BCUT2D eigenvalue weighted by molar-refractivity contribution is 0.595. The van der Waals surface area contributed by atoms with Gasteiger partial charge in [-0.15, -0.1) is 22.7 Å². The third-order valence-electron chi connectivity index (χ3n) is 2.45. The van der Waals surface area contributed by atoms with Gasteiger partial charge in [0.1, 0.15) is 0 Å². The highest BCUT2D eigenvalue weighted by Gasteiger charge is 2.20. The van der Waals surface area contributed by atoms with Gasteiger partial charge < -0.3 is 0 Å². The van der Waals surface area contributed by atoms with Crippen molar-refractivity contribution in [1.82, 2.24) is 4.98 Å². The third kappa shape index (κ3) is 2.19. The molecule has 0 atom stereocenters. The average molecular weight is 295 g/mol. The Morgan fingerprint density at radius 3 is 2.67 bits per heavy atom. The first-order chi connectivity index (χ1) is 8.65. The maximum atomic E-state index is 12.2. The lowest BCUT2D eigenvalue weighted by atomic mass is 10.3. The molecule has 0 unspecified atom stereocenters. The van der Waals surface area contributed by atoms with E-state index in [2.05, 4.69) is 4.98 Å². The van der Waals surface area contributed by atoms with Gasteiger partial charge in [-0.2, -0.15) is 0 Å². The second kappa shape index (κ2) is 4.46. The van der Waals surface area contributed by atoms with Crippen molar-refractivity contribution in [3.63, 3.8) is 0 Å². The molecule has 1 aromatic carbocycles.